The van der Waals surface area contributed by atoms with Crippen LogP contribution in [0.25, 0.3) is 0 Å². The zero-order valence-electron chi connectivity index (χ0n) is 9.74. The first-order valence-corrected chi connectivity index (χ1v) is 5.75. The number of hydrogen-bond acceptors (Lipinski definition) is 1. The minimum absolute atomic E-state index is 0.174. The van der Waals surface area contributed by atoms with Gasteiger partial charge in [-0.25, -0.2) is 0 Å². The van der Waals surface area contributed by atoms with Crippen molar-refractivity contribution in [1.29, 1.82) is 0 Å². The molecule has 17 heavy (non-hydrogen) atoms. The predicted octanol–water partition coefficient (Wildman–Crippen LogP) is 4.10. The van der Waals surface area contributed by atoms with E-state index in [1.54, 1.807) is 0 Å². The minimum Gasteiger partial charge on any atom is -0.312 e. The number of benzene rings is 1. The first-order chi connectivity index (χ1) is 7.80. The van der Waals surface area contributed by atoms with Crippen LogP contribution in [0.5, 0.6) is 0 Å². The molecule has 0 saturated carbocycles. The third kappa shape index (κ3) is 4.56. The van der Waals surface area contributed by atoms with Crippen LogP contribution in [0.3, 0.4) is 0 Å². The minimum atomic E-state index is -4.33. The van der Waals surface area contributed by atoms with Gasteiger partial charge in [0.2, 0.25) is 0 Å². The lowest BCUT2D eigenvalue weighted by Gasteiger charge is -2.14. The highest BCUT2D eigenvalue weighted by Crippen LogP contribution is 2.33. The molecule has 0 aliphatic carbocycles. The Bertz CT molecular complexity index is 375. The van der Waals surface area contributed by atoms with E-state index in [-0.39, 0.29) is 12.1 Å². The smallest absolute Gasteiger partial charge is 0.312 e. The fourth-order valence-electron chi connectivity index (χ4n) is 1.48. The third-order valence-corrected chi connectivity index (χ3v) is 2.48. The van der Waals surface area contributed by atoms with Gasteiger partial charge in [-0.3, -0.25) is 0 Å². The normalized spacial score (nSPS) is 12.2. The topological polar surface area (TPSA) is 12.0 Å². The maximum absolute atomic E-state index is 12.7. The average Bonchev–Trinajstić information content (AvgIpc) is 2.15. The van der Waals surface area contributed by atoms with E-state index in [0.717, 1.165) is 6.07 Å². The summed E-state index contributed by atoms with van der Waals surface area (Å²) >= 11 is 5.71. The SMILES string of the molecule is CC(C)CNCc1cc(Cl)ccc1C(F)(F)F. The van der Waals surface area contributed by atoms with Crippen LogP contribution in [0, 0.1) is 5.92 Å². The van der Waals surface area contributed by atoms with Crippen LogP contribution in [0.2, 0.25) is 5.02 Å². The van der Waals surface area contributed by atoms with Crippen LogP contribution in [0.15, 0.2) is 18.2 Å². The largest absolute Gasteiger partial charge is 0.416 e. The maximum atomic E-state index is 12.7. The molecule has 0 aliphatic rings. The lowest BCUT2D eigenvalue weighted by molar-refractivity contribution is -0.138. The van der Waals surface area contributed by atoms with Crippen LogP contribution in [-0.4, -0.2) is 6.54 Å². The molecule has 0 amide bonds. The zero-order chi connectivity index (χ0) is 13.1. The third-order valence-electron chi connectivity index (χ3n) is 2.24. The molecule has 1 rings (SSSR count). The molecule has 1 aromatic rings. The number of alkyl halides is 3. The highest BCUT2D eigenvalue weighted by atomic mass is 35.5. The molecule has 0 bridgehead atoms. The van der Waals surface area contributed by atoms with Gasteiger partial charge in [-0.2, -0.15) is 13.2 Å². The molecule has 0 atom stereocenters. The van der Waals surface area contributed by atoms with E-state index < -0.39 is 11.7 Å². The van der Waals surface area contributed by atoms with E-state index in [4.69, 9.17) is 11.6 Å². The number of halogens is 4. The second kappa shape index (κ2) is 5.74. The van der Waals surface area contributed by atoms with Crippen molar-refractivity contribution in [1.82, 2.24) is 5.32 Å². The van der Waals surface area contributed by atoms with Gasteiger partial charge < -0.3 is 5.32 Å². The van der Waals surface area contributed by atoms with Crippen molar-refractivity contribution in [3.8, 4) is 0 Å². The summed E-state index contributed by atoms with van der Waals surface area (Å²) in [5, 5.41) is 3.30. The molecule has 0 spiro atoms. The summed E-state index contributed by atoms with van der Waals surface area (Å²) in [6.45, 7) is 4.84. The summed E-state index contributed by atoms with van der Waals surface area (Å²) in [6, 6.07) is 3.64. The number of rotatable bonds is 4. The molecule has 0 saturated heterocycles. The molecule has 0 heterocycles. The van der Waals surface area contributed by atoms with Gasteiger partial charge in [0, 0.05) is 11.6 Å². The summed E-state index contributed by atoms with van der Waals surface area (Å²) in [7, 11) is 0. The Morgan fingerprint density at radius 2 is 1.94 bits per heavy atom. The summed E-state index contributed by atoms with van der Waals surface area (Å²) in [6.07, 6.45) is -4.33. The first kappa shape index (κ1) is 14.3. The van der Waals surface area contributed by atoms with Crippen LogP contribution >= 0.6 is 11.6 Å². The van der Waals surface area contributed by atoms with E-state index in [1.807, 2.05) is 13.8 Å². The van der Waals surface area contributed by atoms with Crippen LogP contribution in [0.1, 0.15) is 25.0 Å². The highest BCUT2D eigenvalue weighted by molar-refractivity contribution is 6.30. The van der Waals surface area contributed by atoms with Gasteiger partial charge in [-0.15, -0.1) is 0 Å². The Hall–Kier alpha value is -0.740. The molecular weight excluding hydrogens is 251 g/mol. The van der Waals surface area contributed by atoms with Crippen LogP contribution in [-0.2, 0) is 12.7 Å². The molecule has 0 fully saturated rings. The number of nitrogens with one attached hydrogen (secondary N) is 1. The van der Waals surface area contributed by atoms with E-state index in [0.29, 0.717) is 17.5 Å². The highest BCUT2D eigenvalue weighted by Gasteiger charge is 2.32. The molecule has 5 heteroatoms. The monoisotopic (exact) mass is 265 g/mol. The van der Waals surface area contributed by atoms with Crippen molar-refractivity contribution in [3.05, 3.63) is 34.3 Å². The van der Waals surface area contributed by atoms with Crippen LogP contribution < -0.4 is 5.32 Å². The van der Waals surface area contributed by atoms with E-state index in [1.165, 1.54) is 12.1 Å². The molecule has 0 aliphatic heterocycles. The molecule has 0 radical (unpaired) electrons. The Morgan fingerprint density at radius 3 is 2.47 bits per heavy atom. The molecular formula is C12H15ClF3N. The number of hydrogen-bond donors (Lipinski definition) is 1. The zero-order valence-corrected chi connectivity index (χ0v) is 10.5. The molecule has 1 aromatic carbocycles. The second-order valence-corrected chi connectivity index (χ2v) is 4.76. The van der Waals surface area contributed by atoms with Gasteiger partial charge >= 0.3 is 6.18 Å². The predicted molar refractivity (Wildman–Crippen MR) is 63.0 cm³/mol. The molecule has 96 valence electrons. The van der Waals surface area contributed by atoms with Crippen molar-refractivity contribution in [2.45, 2.75) is 26.6 Å². The Kier molecular flexibility index (Phi) is 4.83. The van der Waals surface area contributed by atoms with Crippen molar-refractivity contribution in [2.24, 2.45) is 5.92 Å². The maximum Gasteiger partial charge on any atom is 0.416 e. The van der Waals surface area contributed by atoms with Gasteiger partial charge in [0.15, 0.2) is 0 Å². The lowest BCUT2D eigenvalue weighted by atomic mass is 10.1. The van der Waals surface area contributed by atoms with Crippen molar-refractivity contribution in [3.63, 3.8) is 0 Å². The van der Waals surface area contributed by atoms with Crippen molar-refractivity contribution < 1.29 is 13.2 Å². The summed E-state index contributed by atoms with van der Waals surface area (Å²) in [5.41, 5.74) is -0.441. The fourth-order valence-corrected chi connectivity index (χ4v) is 1.68. The van der Waals surface area contributed by atoms with Gasteiger partial charge in [0.05, 0.1) is 5.56 Å². The molecule has 0 unspecified atom stereocenters. The second-order valence-electron chi connectivity index (χ2n) is 4.32. The molecule has 1 nitrogen and oxygen atoms in total. The fraction of sp³-hybridized carbons (Fsp3) is 0.500. The molecule has 1 N–H and O–H groups in total. The Balaban J connectivity index is 2.84. The Labute approximate surface area is 104 Å². The van der Waals surface area contributed by atoms with E-state index >= 15 is 0 Å². The quantitative estimate of drug-likeness (QED) is 0.864. The van der Waals surface area contributed by atoms with Gasteiger partial charge in [-0.05, 0) is 36.2 Å². The van der Waals surface area contributed by atoms with E-state index in [9.17, 15) is 13.2 Å². The average molecular weight is 266 g/mol. The molecule has 0 aromatic heterocycles. The van der Waals surface area contributed by atoms with Crippen LogP contribution in [0.4, 0.5) is 13.2 Å². The summed E-state index contributed by atoms with van der Waals surface area (Å²) in [5.74, 6) is 0.392. The first-order valence-electron chi connectivity index (χ1n) is 5.37. The standard InChI is InChI=1S/C12H15ClF3N/c1-8(2)6-17-7-9-5-10(13)3-4-11(9)12(14,15)16/h3-5,8,17H,6-7H2,1-2H3. The van der Waals surface area contributed by atoms with E-state index in [2.05, 4.69) is 5.32 Å². The Morgan fingerprint density at radius 1 is 1.29 bits per heavy atom. The van der Waals surface area contributed by atoms with Crippen molar-refractivity contribution >= 4 is 11.6 Å². The summed E-state index contributed by atoms with van der Waals surface area (Å²) in [4.78, 5) is 0. The van der Waals surface area contributed by atoms with Gasteiger partial charge in [-0.1, -0.05) is 25.4 Å². The van der Waals surface area contributed by atoms with Gasteiger partial charge in [0.1, 0.15) is 0 Å². The lowest BCUT2D eigenvalue weighted by Crippen LogP contribution is -2.21. The summed E-state index contributed by atoms with van der Waals surface area (Å²) < 4.78 is 38.1. The van der Waals surface area contributed by atoms with Gasteiger partial charge in [0.25, 0.3) is 0 Å². The van der Waals surface area contributed by atoms with Crippen molar-refractivity contribution in [2.75, 3.05) is 6.54 Å².